The molecule has 156 valence electrons. The summed E-state index contributed by atoms with van der Waals surface area (Å²) in [5.41, 5.74) is 6.47. The van der Waals surface area contributed by atoms with Crippen LogP contribution in [0.25, 0.3) is 0 Å². The second-order valence-corrected chi connectivity index (χ2v) is 10.7. The first-order chi connectivity index (χ1) is 13.9. The average Bonchev–Trinajstić information content (AvgIpc) is 3.14. The minimum atomic E-state index is -0.325. The maximum atomic E-state index is 13.2. The van der Waals surface area contributed by atoms with Gasteiger partial charge in [-0.05, 0) is 67.6 Å². The molecule has 2 amide bonds. The number of nitrogens with zero attached hydrogens (tertiary/aromatic N) is 1. The number of hydrogen-bond acceptors (Lipinski definition) is 4. The Hall–Kier alpha value is -1.60. The molecule has 5 nitrogen and oxygen atoms in total. The van der Waals surface area contributed by atoms with Crippen molar-refractivity contribution in [3.63, 3.8) is 0 Å². The number of amides is 2. The third-order valence-electron chi connectivity index (χ3n) is 7.61. The Kier molecular flexibility index (Phi) is 4.86. The van der Waals surface area contributed by atoms with Crippen LogP contribution in [0, 0.1) is 29.0 Å². The highest BCUT2D eigenvalue weighted by Crippen LogP contribution is 2.59. The SMILES string of the molecule is NC(=O)C12CC3CC(C1)C(NC(=O)C1SCCN1Cc1ccc(F)cc1)C(C3)C2. The molecule has 7 heteroatoms. The van der Waals surface area contributed by atoms with E-state index in [1.54, 1.807) is 23.9 Å². The van der Waals surface area contributed by atoms with Crippen LogP contribution in [-0.4, -0.2) is 40.4 Å². The van der Waals surface area contributed by atoms with Gasteiger partial charge in [0.1, 0.15) is 11.2 Å². The maximum absolute atomic E-state index is 13.2. The first-order valence-corrected chi connectivity index (χ1v) is 11.7. The molecular formula is C22H28FN3O2S. The summed E-state index contributed by atoms with van der Waals surface area (Å²) >= 11 is 1.68. The van der Waals surface area contributed by atoms with E-state index < -0.39 is 0 Å². The van der Waals surface area contributed by atoms with Crippen LogP contribution in [0.2, 0.25) is 0 Å². The molecule has 4 bridgehead atoms. The zero-order chi connectivity index (χ0) is 20.2. The van der Waals surface area contributed by atoms with E-state index in [-0.39, 0.29) is 34.5 Å². The smallest absolute Gasteiger partial charge is 0.247 e. The molecule has 6 rings (SSSR count). The number of hydrogen-bond donors (Lipinski definition) is 2. The molecule has 0 aromatic heterocycles. The molecule has 3 atom stereocenters. The molecule has 1 saturated heterocycles. The summed E-state index contributed by atoms with van der Waals surface area (Å²) in [7, 11) is 0. The molecule has 3 unspecified atom stereocenters. The molecule has 4 aliphatic carbocycles. The Bertz CT molecular complexity index is 801. The van der Waals surface area contributed by atoms with E-state index in [1.807, 2.05) is 0 Å². The summed E-state index contributed by atoms with van der Waals surface area (Å²) in [6.07, 6.45) is 4.82. The number of rotatable bonds is 5. The first kappa shape index (κ1) is 19.4. The third-order valence-corrected chi connectivity index (χ3v) is 8.86. The van der Waals surface area contributed by atoms with Crippen LogP contribution in [0.1, 0.15) is 37.7 Å². The van der Waals surface area contributed by atoms with Crippen molar-refractivity contribution >= 4 is 23.6 Å². The number of benzene rings is 1. The van der Waals surface area contributed by atoms with Gasteiger partial charge >= 0.3 is 0 Å². The molecule has 1 aliphatic heterocycles. The van der Waals surface area contributed by atoms with E-state index in [4.69, 9.17) is 5.73 Å². The van der Waals surface area contributed by atoms with Crippen LogP contribution in [0.5, 0.6) is 0 Å². The topological polar surface area (TPSA) is 75.4 Å². The summed E-state index contributed by atoms with van der Waals surface area (Å²) in [4.78, 5) is 27.5. The van der Waals surface area contributed by atoms with Crippen molar-refractivity contribution in [2.75, 3.05) is 12.3 Å². The van der Waals surface area contributed by atoms with Crippen molar-refractivity contribution in [2.24, 2.45) is 28.9 Å². The van der Waals surface area contributed by atoms with Gasteiger partial charge in [-0.2, -0.15) is 0 Å². The van der Waals surface area contributed by atoms with Crippen LogP contribution in [0.4, 0.5) is 4.39 Å². The number of carbonyl (C=O) groups is 2. The van der Waals surface area contributed by atoms with Gasteiger partial charge in [0.05, 0.1) is 0 Å². The minimum Gasteiger partial charge on any atom is -0.369 e. The molecule has 3 N–H and O–H groups in total. The molecule has 0 spiro atoms. The summed E-state index contributed by atoms with van der Waals surface area (Å²) in [5.74, 6) is 1.95. The van der Waals surface area contributed by atoms with Gasteiger partial charge in [0.2, 0.25) is 11.8 Å². The molecule has 4 saturated carbocycles. The van der Waals surface area contributed by atoms with Crippen LogP contribution >= 0.6 is 11.8 Å². The lowest BCUT2D eigenvalue weighted by Crippen LogP contribution is -2.63. The van der Waals surface area contributed by atoms with Crippen LogP contribution in [0.15, 0.2) is 24.3 Å². The van der Waals surface area contributed by atoms with Gasteiger partial charge in [0.25, 0.3) is 0 Å². The van der Waals surface area contributed by atoms with E-state index in [9.17, 15) is 14.0 Å². The van der Waals surface area contributed by atoms with Crippen LogP contribution in [-0.2, 0) is 16.1 Å². The van der Waals surface area contributed by atoms with Crippen molar-refractivity contribution in [3.05, 3.63) is 35.6 Å². The number of nitrogens with one attached hydrogen (secondary N) is 1. The lowest BCUT2D eigenvalue weighted by Gasteiger charge is -2.58. The summed E-state index contributed by atoms with van der Waals surface area (Å²) in [6, 6.07) is 6.68. The lowest BCUT2D eigenvalue weighted by atomic mass is 9.47. The van der Waals surface area contributed by atoms with Gasteiger partial charge in [-0.15, -0.1) is 11.8 Å². The minimum absolute atomic E-state index is 0.0835. The van der Waals surface area contributed by atoms with E-state index in [0.717, 1.165) is 50.0 Å². The van der Waals surface area contributed by atoms with Crippen molar-refractivity contribution in [3.8, 4) is 0 Å². The first-order valence-electron chi connectivity index (χ1n) is 10.6. The largest absolute Gasteiger partial charge is 0.369 e. The van der Waals surface area contributed by atoms with Gasteiger partial charge < -0.3 is 11.1 Å². The Morgan fingerprint density at radius 2 is 1.86 bits per heavy atom. The van der Waals surface area contributed by atoms with E-state index in [0.29, 0.717) is 24.3 Å². The van der Waals surface area contributed by atoms with Gasteiger partial charge in [-0.3, -0.25) is 14.5 Å². The number of halogens is 1. The second-order valence-electron chi connectivity index (χ2n) is 9.47. The van der Waals surface area contributed by atoms with Crippen LogP contribution in [0.3, 0.4) is 0 Å². The van der Waals surface area contributed by atoms with Crippen LogP contribution < -0.4 is 11.1 Å². The lowest BCUT2D eigenvalue weighted by molar-refractivity contribution is -0.147. The highest BCUT2D eigenvalue weighted by atomic mass is 32.2. The van der Waals surface area contributed by atoms with E-state index in [2.05, 4.69) is 10.2 Å². The monoisotopic (exact) mass is 417 g/mol. The Morgan fingerprint density at radius 1 is 1.17 bits per heavy atom. The fourth-order valence-corrected chi connectivity index (χ4v) is 7.70. The summed E-state index contributed by atoms with van der Waals surface area (Å²) < 4.78 is 13.2. The predicted octanol–water partition coefficient (Wildman–Crippen LogP) is 2.50. The summed E-state index contributed by atoms with van der Waals surface area (Å²) in [6.45, 7) is 1.50. The maximum Gasteiger partial charge on any atom is 0.247 e. The molecule has 1 aromatic carbocycles. The zero-order valence-electron chi connectivity index (χ0n) is 16.5. The van der Waals surface area contributed by atoms with Crippen molar-refractivity contribution in [1.29, 1.82) is 0 Å². The average molecular weight is 418 g/mol. The Labute approximate surface area is 175 Å². The standard InChI is InChI=1S/C22H28FN3O2S/c23-17-3-1-13(2-4-17)12-26-5-6-29-20(26)19(27)25-18-15-7-14-8-16(18)11-22(9-14,10-15)21(24)28/h1-4,14-16,18,20H,5-12H2,(H2,24,28)(H,25,27). The normalized spacial score (nSPS) is 38.3. The molecular weight excluding hydrogens is 389 g/mol. The summed E-state index contributed by atoms with van der Waals surface area (Å²) in [5, 5.41) is 3.17. The second kappa shape index (κ2) is 7.27. The molecule has 0 radical (unpaired) electrons. The highest BCUT2D eigenvalue weighted by Gasteiger charge is 2.58. The number of primary amides is 1. The van der Waals surface area contributed by atoms with Gasteiger partial charge in [-0.1, -0.05) is 12.1 Å². The molecule has 29 heavy (non-hydrogen) atoms. The quantitative estimate of drug-likeness (QED) is 0.772. The molecule has 1 aromatic rings. The number of nitrogens with two attached hydrogens (primary N) is 1. The van der Waals surface area contributed by atoms with Gasteiger partial charge in [-0.25, -0.2) is 4.39 Å². The molecule has 5 fully saturated rings. The third kappa shape index (κ3) is 3.46. The Balaban J connectivity index is 1.26. The van der Waals surface area contributed by atoms with Crippen molar-refractivity contribution in [2.45, 2.75) is 50.1 Å². The van der Waals surface area contributed by atoms with E-state index in [1.165, 1.54) is 12.1 Å². The van der Waals surface area contributed by atoms with Crippen molar-refractivity contribution < 1.29 is 14.0 Å². The molecule has 5 aliphatic rings. The highest BCUT2D eigenvalue weighted by molar-refractivity contribution is 8.00. The number of carbonyl (C=O) groups excluding carboxylic acids is 2. The fraction of sp³-hybridized carbons (Fsp3) is 0.636. The number of thioether (sulfide) groups is 1. The fourth-order valence-electron chi connectivity index (χ4n) is 6.53. The Morgan fingerprint density at radius 3 is 2.52 bits per heavy atom. The van der Waals surface area contributed by atoms with E-state index >= 15 is 0 Å². The predicted molar refractivity (Wildman–Crippen MR) is 110 cm³/mol. The van der Waals surface area contributed by atoms with Gasteiger partial charge in [0, 0.05) is 30.3 Å². The zero-order valence-corrected chi connectivity index (χ0v) is 17.3. The molecule has 1 heterocycles. The van der Waals surface area contributed by atoms with Gasteiger partial charge in [0.15, 0.2) is 0 Å². The van der Waals surface area contributed by atoms with Crippen molar-refractivity contribution in [1.82, 2.24) is 10.2 Å².